The van der Waals surface area contributed by atoms with E-state index < -0.39 is 11.8 Å². The monoisotopic (exact) mass is 409 g/mol. The Balaban J connectivity index is 1.77. The molecule has 2 aromatic carbocycles. The van der Waals surface area contributed by atoms with E-state index in [0.29, 0.717) is 5.75 Å². The molecule has 0 fully saturated rings. The fourth-order valence-corrected chi connectivity index (χ4v) is 5.04. The number of carbonyl (C=O) groups excluding carboxylic acids is 1. The predicted octanol–water partition coefficient (Wildman–Crippen LogP) is 1.03. The van der Waals surface area contributed by atoms with Crippen LogP contribution in [0.1, 0.15) is 31.9 Å². The zero-order valence-corrected chi connectivity index (χ0v) is 15.0. The molecule has 1 aliphatic rings. The molecule has 3 nitrogen and oxygen atoms in total. The maximum absolute atomic E-state index is 11.8. The van der Waals surface area contributed by atoms with Crippen molar-refractivity contribution in [2.45, 2.75) is 32.8 Å². The standard InChI is InChI=1S/C18H18IO3/c1-18(2,3)22-17(20)21-14-8-9-16-13(11-14)10-12-6-4-5-7-15(12)19-16/h4-9,11H,10H2,1-3H3/q-1. The van der Waals surface area contributed by atoms with Crippen LogP contribution in [0.15, 0.2) is 42.5 Å². The molecule has 0 spiro atoms. The van der Waals surface area contributed by atoms with Crippen LogP contribution < -0.4 is 25.9 Å². The number of carbonyl (C=O) groups is 1. The number of hydrogen-bond acceptors (Lipinski definition) is 3. The second-order valence-corrected chi connectivity index (χ2v) is 9.05. The number of halogens is 1. The van der Waals surface area contributed by atoms with Gasteiger partial charge in [-0.2, -0.15) is 0 Å². The van der Waals surface area contributed by atoms with Crippen molar-refractivity contribution < 1.29 is 35.5 Å². The summed E-state index contributed by atoms with van der Waals surface area (Å²) in [4.78, 5) is 11.8. The topological polar surface area (TPSA) is 35.5 Å². The summed E-state index contributed by atoms with van der Waals surface area (Å²) in [7, 11) is 0. The van der Waals surface area contributed by atoms with E-state index in [1.165, 1.54) is 18.3 Å². The van der Waals surface area contributed by atoms with Gasteiger partial charge in [-0.15, -0.1) is 0 Å². The van der Waals surface area contributed by atoms with E-state index >= 15 is 0 Å². The molecule has 116 valence electrons. The Morgan fingerprint density at radius 1 is 1.05 bits per heavy atom. The summed E-state index contributed by atoms with van der Waals surface area (Å²) in [5.41, 5.74) is 2.10. The van der Waals surface area contributed by atoms with Gasteiger partial charge in [-0.25, -0.2) is 0 Å². The second-order valence-electron chi connectivity index (χ2n) is 6.18. The Morgan fingerprint density at radius 3 is 2.55 bits per heavy atom. The van der Waals surface area contributed by atoms with Gasteiger partial charge in [0.05, 0.1) is 0 Å². The molecule has 0 N–H and O–H groups in total. The van der Waals surface area contributed by atoms with E-state index in [1.54, 1.807) is 0 Å². The zero-order chi connectivity index (χ0) is 15.7. The van der Waals surface area contributed by atoms with E-state index in [1.807, 2.05) is 32.9 Å². The molecule has 3 rings (SSSR count). The van der Waals surface area contributed by atoms with Crippen LogP contribution in [0.3, 0.4) is 0 Å². The van der Waals surface area contributed by atoms with Crippen LogP contribution in [-0.4, -0.2) is 11.8 Å². The summed E-state index contributed by atoms with van der Waals surface area (Å²) in [6.45, 7) is 5.47. The average molecular weight is 409 g/mol. The van der Waals surface area contributed by atoms with Gasteiger partial charge >= 0.3 is 141 Å². The molecule has 1 heterocycles. The van der Waals surface area contributed by atoms with Crippen LogP contribution in [0.4, 0.5) is 4.79 Å². The van der Waals surface area contributed by atoms with Gasteiger partial charge in [0.25, 0.3) is 0 Å². The molecule has 0 bridgehead atoms. The first-order chi connectivity index (χ1) is 10.4. The molecular weight excluding hydrogens is 391 g/mol. The van der Waals surface area contributed by atoms with Gasteiger partial charge < -0.3 is 0 Å². The molecule has 22 heavy (non-hydrogen) atoms. The minimum absolute atomic E-state index is 0.153. The molecule has 0 aliphatic carbocycles. The molecule has 0 aromatic heterocycles. The third kappa shape index (κ3) is 3.61. The van der Waals surface area contributed by atoms with E-state index in [0.717, 1.165) is 6.42 Å². The van der Waals surface area contributed by atoms with Crippen LogP contribution >= 0.6 is 0 Å². The normalized spacial score (nSPS) is 13.4. The van der Waals surface area contributed by atoms with Crippen molar-refractivity contribution in [3.05, 3.63) is 60.7 Å². The first-order valence-corrected chi connectivity index (χ1v) is 9.33. The fraction of sp³-hybridized carbons (Fsp3) is 0.278. The Morgan fingerprint density at radius 2 is 1.77 bits per heavy atom. The van der Waals surface area contributed by atoms with Crippen LogP contribution in [0.25, 0.3) is 0 Å². The first-order valence-electron chi connectivity index (χ1n) is 7.17. The third-order valence-electron chi connectivity index (χ3n) is 3.15. The van der Waals surface area contributed by atoms with Gasteiger partial charge in [0.2, 0.25) is 0 Å². The van der Waals surface area contributed by atoms with Crippen molar-refractivity contribution in [3.8, 4) is 5.75 Å². The molecule has 0 saturated carbocycles. The third-order valence-corrected chi connectivity index (χ3v) is 6.42. The summed E-state index contributed by atoms with van der Waals surface area (Å²) in [5.74, 6) is 0.552. The molecular formula is C18H18IO3-. The number of fused-ring (bicyclic) bond motifs is 2. The molecule has 4 heteroatoms. The summed E-state index contributed by atoms with van der Waals surface area (Å²) < 4.78 is 13.4. The van der Waals surface area contributed by atoms with Crippen LogP contribution in [0.5, 0.6) is 5.75 Å². The van der Waals surface area contributed by atoms with E-state index in [-0.39, 0.29) is 21.2 Å². The molecule has 2 aromatic rings. The Labute approximate surface area is 140 Å². The minimum atomic E-state index is -0.654. The predicted molar refractivity (Wildman–Crippen MR) is 79.9 cm³/mol. The summed E-state index contributed by atoms with van der Waals surface area (Å²) in [6, 6.07) is 14.5. The van der Waals surface area contributed by atoms with Gasteiger partial charge in [0.1, 0.15) is 0 Å². The van der Waals surface area contributed by atoms with Crippen molar-refractivity contribution in [3.63, 3.8) is 0 Å². The van der Waals surface area contributed by atoms with Crippen molar-refractivity contribution in [2.75, 3.05) is 0 Å². The molecule has 0 atom stereocenters. The number of benzene rings is 2. The second kappa shape index (κ2) is 5.91. The van der Waals surface area contributed by atoms with Gasteiger partial charge in [0.15, 0.2) is 0 Å². The van der Waals surface area contributed by atoms with Crippen LogP contribution in [0, 0.1) is 7.14 Å². The van der Waals surface area contributed by atoms with Crippen molar-refractivity contribution in [2.24, 2.45) is 0 Å². The summed E-state index contributed by atoms with van der Waals surface area (Å²) in [5, 5.41) is 0. The summed E-state index contributed by atoms with van der Waals surface area (Å²) >= 11 is -0.153. The van der Waals surface area contributed by atoms with E-state index in [4.69, 9.17) is 9.47 Å². The quantitative estimate of drug-likeness (QED) is 0.342. The fourth-order valence-electron chi connectivity index (χ4n) is 2.26. The Kier molecular flexibility index (Phi) is 4.12. The molecule has 0 radical (unpaired) electrons. The molecule has 0 unspecified atom stereocenters. The number of rotatable bonds is 1. The SMILES string of the molecule is CC(C)(C)OC(=O)Oc1ccc2c(c1)Cc1ccccc1[I-]2. The molecule has 0 saturated heterocycles. The molecule has 1 aliphatic heterocycles. The van der Waals surface area contributed by atoms with E-state index in [9.17, 15) is 4.79 Å². The van der Waals surface area contributed by atoms with Crippen molar-refractivity contribution in [1.29, 1.82) is 0 Å². The van der Waals surface area contributed by atoms with Gasteiger partial charge in [0, 0.05) is 0 Å². The van der Waals surface area contributed by atoms with Gasteiger partial charge in [-0.05, 0) is 0 Å². The Bertz CT molecular complexity index is 717. The number of ether oxygens (including phenoxy) is 2. The average Bonchev–Trinajstić information content (AvgIpc) is 2.43. The Hall–Kier alpha value is -1.56. The first kappa shape index (κ1) is 15.3. The van der Waals surface area contributed by atoms with Gasteiger partial charge in [-0.3, -0.25) is 0 Å². The van der Waals surface area contributed by atoms with E-state index in [2.05, 4.69) is 30.3 Å². The zero-order valence-electron chi connectivity index (χ0n) is 12.9. The summed E-state index contributed by atoms with van der Waals surface area (Å²) in [6.07, 6.45) is 0.245. The van der Waals surface area contributed by atoms with Crippen LogP contribution in [0.2, 0.25) is 0 Å². The number of hydrogen-bond donors (Lipinski definition) is 0. The van der Waals surface area contributed by atoms with Gasteiger partial charge in [-0.1, -0.05) is 0 Å². The molecule has 0 amide bonds. The van der Waals surface area contributed by atoms with Crippen LogP contribution in [-0.2, 0) is 11.2 Å². The van der Waals surface area contributed by atoms with Crippen molar-refractivity contribution >= 4 is 6.16 Å². The maximum atomic E-state index is 11.8. The van der Waals surface area contributed by atoms with Crippen molar-refractivity contribution in [1.82, 2.24) is 0 Å².